The minimum Gasteiger partial charge on any atom is -0.450 e. The van der Waals surface area contributed by atoms with Crippen molar-refractivity contribution in [3.63, 3.8) is 0 Å². The van der Waals surface area contributed by atoms with E-state index in [9.17, 15) is 18.0 Å². The second-order valence-corrected chi connectivity index (χ2v) is 11.5. The summed E-state index contributed by atoms with van der Waals surface area (Å²) in [6, 6.07) is 12.3. The molecule has 0 bridgehead atoms. The van der Waals surface area contributed by atoms with Gasteiger partial charge in [-0.25, -0.2) is 8.42 Å². The molecule has 1 amide bonds. The van der Waals surface area contributed by atoms with E-state index < -0.39 is 21.8 Å². The molecule has 174 valence electrons. The van der Waals surface area contributed by atoms with E-state index in [1.165, 1.54) is 11.6 Å². The van der Waals surface area contributed by atoms with Crippen LogP contribution in [0, 0.1) is 13.8 Å². The third-order valence-corrected chi connectivity index (χ3v) is 8.29. The molecule has 6 nitrogen and oxygen atoms in total. The molecule has 2 aromatic carbocycles. The van der Waals surface area contributed by atoms with Crippen molar-refractivity contribution >= 4 is 26.7 Å². The first-order chi connectivity index (χ1) is 15.6. The van der Waals surface area contributed by atoms with Crippen LogP contribution in [0.4, 0.5) is 0 Å². The van der Waals surface area contributed by atoms with Crippen LogP contribution in [0.15, 0.2) is 51.7 Å². The Labute approximate surface area is 194 Å². The van der Waals surface area contributed by atoms with E-state index in [-0.39, 0.29) is 29.2 Å². The molecule has 1 fully saturated rings. The summed E-state index contributed by atoms with van der Waals surface area (Å²) in [5.41, 5.74) is 3.95. The number of hydrogen-bond donors (Lipinski definition) is 0. The Hall–Kier alpha value is -2.93. The first-order valence-corrected chi connectivity index (χ1v) is 13.0. The van der Waals surface area contributed by atoms with E-state index >= 15 is 0 Å². The topological polar surface area (TPSA) is 84.7 Å². The minimum absolute atomic E-state index is 0.0493. The van der Waals surface area contributed by atoms with Crippen LogP contribution in [-0.2, 0) is 16.4 Å². The summed E-state index contributed by atoms with van der Waals surface area (Å²) in [5.74, 6) is -0.184. The molecule has 4 rings (SSSR count). The number of amides is 1. The lowest BCUT2D eigenvalue weighted by molar-refractivity contribution is 0.0648. The molecular formula is C26H29NO5S. The Kier molecular flexibility index (Phi) is 6.18. The number of sulfone groups is 1. The van der Waals surface area contributed by atoms with Gasteiger partial charge in [0.25, 0.3) is 5.91 Å². The predicted octanol–water partition coefficient (Wildman–Crippen LogP) is 4.36. The Morgan fingerprint density at radius 2 is 1.82 bits per heavy atom. The highest BCUT2D eigenvalue weighted by molar-refractivity contribution is 7.91. The summed E-state index contributed by atoms with van der Waals surface area (Å²) in [4.78, 5) is 27.9. The molecule has 0 radical (unpaired) electrons. The minimum atomic E-state index is -3.21. The average Bonchev–Trinajstić information content (AvgIpc) is 3.13. The van der Waals surface area contributed by atoms with Gasteiger partial charge in [-0.2, -0.15) is 0 Å². The first kappa shape index (κ1) is 23.2. The maximum absolute atomic E-state index is 13.6. The number of carbonyl (C=O) groups excluding carboxylic acids is 1. The van der Waals surface area contributed by atoms with Gasteiger partial charge in [0, 0.05) is 18.7 Å². The number of benzene rings is 2. The molecule has 1 unspecified atom stereocenters. The van der Waals surface area contributed by atoms with Crippen molar-refractivity contribution in [2.24, 2.45) is 0 Å². The summed E-state index contributed by atoms with van der Waals surface area (Å²) in [6.07, 6.45) is 0.369. The number of carbonyl (C=O) groups is 1. The molecule has 1 atom stereocenters. The molecular weight excluding hydrogens is 438 g/mol. The van der Waals surface area contributed by atoms with Crippen LogP contribution < -0.4 is 5.43 Å². The van der Waals surface area contributed by atoms with E-state index in [1.807, 2.05) is 44.2 Å². The number of rotatable bonds is 5. The molecule has 1 aliphatic rings. The van der Waals surface area contributed by atoms with Crippen molar-refractivity contribution in [3.05, 3.63) is 80.7 Å². The van der Waals surface area contributed by atoms with E-state index in [2.05, 4.69) is 13.8 Å². The standard InChI is InChI=1S/C26H29NO5S/c1-16(2)20-8-6-19(7-9-20)14-27(21-11-12-33(30,31)15-21)26(29)24-13-23(28)22-10-5-17(3)18(4)25(22)32-24/h5-10,13,16,21H,11-12,14-15H2,1-4H3. The van der Waals surface area contributed by atoms with Crippen LogP contribution in [0.3, 0.4) is 0 Å². The van der Waals surface area contributed by atoms with Crippen LogP contribution in [0.5, 0.6) is 0 Å². The van der Waals surface area contributed by atoms with Gasteiger partial charge in [-0.3, -0.25) is 9.59 Å². The maximum atomic E-state index is 13.6. The molecule has 2 heterocycles. The fourth-order valence-electron chi connectivity index (χ4n) is 4.29. The quantitative estimate of drug-likeness (QED) is 0.557. The third-order valence-electron chi connectivity index (χ3n) is 6.54. The largest absolute Gasteiger partial charge is 0.450 e. The van der Waals surface area contributed by atoms with Crippen molar-refractivity contribution in [2.45, 2.75) is 52.6 Å². The van der Waals surface area contributed by atoms with E-state index in [0.29, 0.717) is 23.3 Å². The highest BCUT2D eigenvalue weighted by Crippen LogP contribution is 2.25. The summed E-state index contributed by atoms with van der Waals surface area (Å²) in [7, 11) is -3.21. The van der Waals surface area contributed by atoms with E-state index in [4.69, 9.17) is 4.42 Å². The highest BCUT2D eigenvalue weighted by Gasteiger charge is 2.36. The van der Waals surface area contributed by atoms with Crippen molar-refractivity contribution in [2.75, 3.05) is 11.5 Å². The zero-order valence-electron chi connectivity index (χ0n) is 19.4. The third kappa shape index (κ3) is 4.74. The van der Waals surface area contributed by atoms with Crippen LogP contribution in [0.2, 0.25) is 0 Å². The molecule has 0 saturated carbocycles. The predicted molar refractivity (Wildman–Crippen MR) is 129 cm³/mol. The molecule has 7 heteroatoms. The van der Waals surface area contributed by atoms with Gasteiger partial charge < -0.3 is 9.32 Å². The number of fused-ring (bicyclic) bond motifs is 1. The highest BCUT2D eigenvalue weighted by atomic mass is 32.2. The summed E-state index contributed by atoms with van der Waals surface area (Å²) >= 11 is 0. The first-order valence-electron chi connectivity index (χ1n) is 11.2. The Morgan fingerprint density at radius 3 is 2.42 bits per heavy atom. The molecule has 0 aliphatic carbocycles. The summed E-state index contributed by atoms with van der Waals surface area (Å²) in [5, 5.41) is 0.425. The van der Waals surface area contributed by atoms with Crippen LogP contribution in [-0.4, -0.2) is 36.8 Å². The number of aryl methyl sites for hydroxylation is 2. The lowest BCUT2D eigenvalue weighted by atomic mass is 10.0. The zero-order chi connectivity index (χ0) is 23.9. The Balaban J connectivity index is 1.74. The summed E-state index contributed by atoms with van der Waals surface area (Å²) < 4.78 is 30.3. The van der Waals surface area contributed by atoms with Crippen molar-refractivity contribution < 1.29 is 17.6 Å². The number of nitrogens with zero attached hydrogens (tertiary/aromatic N) is 1. The Bertz CT molecular complexity index is 1370. The maximum Gasteiger partial charge on any atom is 0.290 e. The van der Waals surface area contributed by atoms with Crippen LogP contribution >= 0.6 is 0 Å². The summed E-state index contributed by atoms with van der Waals surface area (Å²) in [6.45, 7) is 8.23. The van der Waals surface area contributed by atoms with Gasteiger partial charge in [0.05, 0.1) is 16.9 Å². The van der Waals surface area contributed by atoms with Gasteiger partial charge in [-0.1, -0.05) is 44.2 Å². The molecule has 0 N–H and O–H groups in total. The molecule has 3 aromatic rings. The Morgan fingerprint density at radius 1 is 1.12 bits per heavy atom. The van der Waals surface area contributed by atoms with E-state index in [1.54, 1.807) is 11.0 Å². The van der Waals surface area contributed by atoms with Gasteiger partial charge in [0.1, 0.15) is 5.58 Å². The second kappa shape index (κ2) is 8.78. The fraction of sp³-hybridized carbons (Fsp3) is 0.385. The second-order valence-electron chi connectivity index (χ2n) is 9.25. The molecule has 1 aliphatic heterocycles. The van der Waals surface area contributed by atoms with Gasteiger partial charge in [0.2, 0.25) is 0 Å². The van der Waals surface area contributed by atoms with Gasteiger partial charge in [0.15, 0.2) is 21.0 Å². The fourth-order valence-corrected chi connectivity index (χ4v) is 6.02. The molecule has 0 spiro atoms. The molecule has 1 aromatic heterocycles. The van der Waals surface area contributed by atoms with Gasteiger partial charge >= 0.3 is 0 Å². The van der Waals surface area contributed by atoms with Gasteiger partial charge in [-0.05, 0) is 54.5 Å². The smallest absolute Gasteiger partial charge is 0.290 e. The van der Waals surface area contributed by atoms with Crippen molar-refractivity contribution in [1.82, 2.24) is 4.90 Å². The van der Waals surface area contributed by atoms with Gasteiger partial charge in [-0.15, -0.1) is 0 Å². The number of hydrogen-bond acceptors (Lipinski definition) is 5. The normalized spacial score (nSPS) is 17.5. The molecule has 1 saturated heterocycles. The van der Waals surface area contributed by atoms with Crippen molar-refractivity contribution in [3.8, 4) is 0 Å². The lowest BCUT2D eigenvalue weighted by Crippen LogP contribution is -2.41. The van der Waals surface area contributed by atoms with Crippen LogP contribution in [0.1, 0.15) is 59.0 Å². The monoisotopic (exact) mass is 467 g/mol. The van der Waals surface area contributed by atoms with E-state index in [0.717, 1.165) is 16.7 Å². The average molecular weight is 468 g/mol. The SMILES string of the molecule is Cc1ccc2c(=O)cc(C(=O)N(Cc3ccc(C(C)C)cc3)C3CCS(=O)(=O)C3)oc2c1C. The lowest BCUT2D eigenvalue weighted by Gasteiger charge is -2.28. The van der Waals surface area contributed by atoms with Crippen LogP contribution in [0.25, 0.3) is 11.0 Å². The zero-order valence-corrected chi connectivity index (χ0v) is 20.2. The molecule has 33 heavy (non-hydrogen) atoms. The van der Waals surface area contributed by atoms with Crippen molar-refractivity contribution in [1.29, 1.82) is 0 Å².